The van der Waals surface area contributed by atoms with Crippen LogP contribution >= 0.6 is 11.3 Å². The van der Waals surface area contributed by atoms with Crippen LogP contribution in [0.4, 0.5) is 0 Å². The minimum absolute atomic E-state index is 0.559. The molecule has 0 spiro atoms. The summed E-state index contributed by atoms with van der Waals surface area (Å²) in [6.07, 6.45) is 0. The Labute approximate surface area is 662 Å². The van der Waals surface area contributed by atoms with Gasteiger partial charge in [0, 0.05) is 96.9 Å². The van der Waals surface area contributed by atoms with Crippen molar-refractivity contribution >= 4 is 141 Å². The fourth-order valence-electron chi connectivity index (χ4n) is 17.1. The standard InChI is InChI=1S/C55H34N4O.C49H28N4OS/c1-5-15-35(16-6-1)39-25-28-48-44(31-39)45-32-40(36-17-7-2-8-18-36)26-29-49(45)59(48)42-27-30-50-46(34-42)51-43-24-14-13-23-41(43)33-47(52(51)60-50)55-57-53(37-19-9-3-10-20-37)56-54(58-55)38-21-11-4-12-22-38;1-2-12-29(13-3-1)47-50-48(31-22-24-37-36-18-8-11-21-43(36)55-44(37)27-31)52-49(51-47)39-26-30-14-4-5-15-33(30)45-38-28-32(23-25-42(38)54-46(39)45)53-40-19-9-6-16-34(40)35-17-7-10-20-41(35)53/h1-34H;1-28H. The van der Waals surface area contributed by atoms with Crippen LogP contribution in [0.15, 0.2) is 385 Å². The van der Waals surface area contributed by atoms with E-state index in [2.05, 4.69) is 294 Å². The van der Waals surface area contributed by atoms with E-state index < -0.39 is 0 Å². The molecule has 0 aliphatic carbocycles. The van der Waals surface area contributed by atoms with E-state index in [-0.39, 0.29) is 0 Å². The van der Waals surface area contributed by atoms with Crippen LogP contribution in [-0.4, -0.2) is 39.0 Å². The van der Waals surface area contributed by atoms with E-state index >= 15 is 0 Å². The third kappa shape index (κ3) is 11.1. The van der Waals surface area contributed by atoms with Crippen molar-refractivity contribution in [3.63, 3.8) is 0 Å². The molecule has 0 saturated carbocycles. The van der Waals surface area contributed by atoms with Crippen molar-refractivity contribution in [2.45, 2.75) is 0 Å². The van der Waals surface area contributed by atoms with Gasteiger partial charge in [0.15, 0.2) is 34.9 Å². The van der Waals surface area contributed by atoms with E-state index in [1.165, 1.54) is 75.0 Å². The Morgan fingerprint density at radius 1 is 0.209 bits per heavy atom. The zero-order valence-corrected chi connectivity index (χ0v) is 62.4. The molecule has 0 saturated heterocycles. The van der Waals surface area contributed by atoms with Crippen molar-refractivity contribution in [3.8, 4) is 102 Å². The van der Waals surface area contributed by atoms with Gasteiger partial charge in [-0.2, -0.15) is 0 Å². The highest BCUT2D eigenvalue weighted by molar-refractivity contribution is 7.25. The third-order valence-corrected chi connectivity index (χ3v) is 23.6. The molecule has 536 valence electrons. The Kier molecular flexibility index (Phi) is 15.2. The van der Waals surface area contributed by atoms with Crippen molar-refractivity contribution in [2.75, 3.05) is 0 Å². The number of hydrogen-bond donors (Lipinski definition) is 0. The van der Waals surface area contributed by atoms with Gasteiger partial charge < -0.3 is 18.0 Å². The topological polar surface area (TPSA) is 113 Å². The summed E-state index contributed by atoms with van der Waals surface area (Å²) in [4.78, 5) is 30.7. The van der Waals surface area contributed by atoms with Crippen LogP contribution in [0.3, 0.4) is 0 Å². The van der Waals surface area contributed by atoms with Crippen LogP contribution in [0.25, 0.3) is 231 Å². The van der Waals surface area contributed by atoms with Crippen molar-refractivity contribution in [2.24, 2.45) is 0 Å². The van der Waals surface area contributed by atoms with E-state index in [4.69, 9.17) is 38.7 Å². The smallest absolute Gasteiger partial charge is 0.167 e. The summed E-state index contributed by atoms with van der Waals surface area (Å²) in [5.74, 6) is 3.58. The predicted octanol–water partition coefficient (Wildman–Crippen LogP) is 27.7. The van der Waals surface area contributed by atoms with Crippen LogP contribution < -0.4 is 0 Å². The molecule has 24 aromatic rings. The molecule has 0 bridgehead atoms. The number of aromatic nitrogens is 8. The average molecular weight is 1490 g/mol. The molecule has 0 aliphatic heterocycles. The molecule has 10 nitrogen and oxygen atoms in total. The fraction of sp³-hybridized carbons (Fsp3) is 0. The number of nitrogens with zero attached hydrogens (tertiary/aromatic N) is 8. The summed E-state index contributed by atoms with van der Waals surface area (Å²) < 4.78 is 21.0. The van der Waals surface area contributed by atoms with Gasteiger partial charge in [-0.15, -0.1) is 11.3 Å². The SMILES string of the molecule is c1ccc(-c2ccc3c(c2)c2cc(-c4ccccc4)ccc2n3-c2ccc3oc4c(-c5nc(-c6ccccc6)nc(-c6ccccc6)n5)cc5ccccc5c4c3c2)cc1.c1ccc(-c2nc(-c3ccc4c(c3)sc3ccccc34)nc(-c3cc4ccccc4c4c3oc3ccc(-n5c6ccccc6c6ccccc65)cc34)n2)cc1. The zero-order chi connectivity index (χ0) is 75.6. The normalized spacial score (nSPS) is 11.8. The molecule has 24 rings (SSSR count). The highest BCUT2D eigenvalue weighted by Gasteiger charge is 2.26. The number of rotatable bonds is 10. The lowest BCUT2D eigenvalue weighted by molar-refractivity contribution is 0.669. The summed E-state index contributed by atoms with van der Waals surface area (Å²) in [5.41, 5.74) is 20.0. The fourth-order valence-corrected chi connectivity index (χ4v) is 18.2. The minimum Gasteiger partial charge on any atom is -0.455 e. The number of furan rings is 2. The maximum atomic E-state index is 6.90. The summed E-state index contributed by atoms with van der Waals surface area (Å²) in [7, 11) is 0. The van der Waals surface area contributed by atoms with Crippen LogP contribution in [0.1, 0.15) is 0 Å². The second-order valence-corrected chi connectivity index (χ2v) is 30.3. The average Bonchev–Trinajstić information content (AvgIpc) is 1.58. The molecule has 0 fully saturated rings. The van der Waals surface area contributed by atoms with E-state index in [1.54, 1.807) is 11.3 Å². The molecule has 7 aromatic heterocycles. The van der Waals surface area contributed by atoms with E-state index in [9.17, 15) is 0 Å². The molecular formula is C104H62N8O2S. The van der Waals surface area contributed by atoms with Crippen molar-refractivity contribution in [1.29, 1.82) is 0 Å². The highest BCUT2D eigenvalue weighted by Crippen LogP contribution is 2.47. The Morgan fingerprint density at radius 3 is 1.01 bits per heavy atom. The molecule has 11 heteroatoms. The van der Waals surface area contributed by atoms with Crippen molar-refractivity contribution in [1.82, 2.24) is 39.0 Å². The highest BCUT2D eigenvalue weighted by atomic mass is 32.1. The minimum atomic E-state index is 0.559. The second-order valence-electron chi connectivity index (χ2n) is 29.2. The summed E-state index contributed by atoms with van der Waals surface area (Å²) >= 11 is 1.79. The van der Waals surface area contributed by atoms with Gasteiger partial charge in [0.25, 0.3) is 0 Å². The van der Waals surface area contributed by atoms with Gasteiger partial charge in [0.05, 0.1) is 33.2 Å². The number of thiophene rings is 1. The van der Waals surface area contributed by atoms with Crippen LogP contribution in [0.2, 0.25) is 0 Å². The zero-order valence-electron chi connectivity index (χ0n) is 61.6. The van der Waals surface area contributed by atoms with E-state index in [0.717, 1.165) is 121 Å². The largest absolute Gasteiger partial charge is 0.455 e. The lowest BCUT2D eigenvalue weighted by atomic mass is 9.99. The van der Waals surface area contributed by atoms with E-state index in [0.29, 0.717) is 34.9 Å². The predicted molar refractivity (Wildman–Crippen MR) is 474 cm³/mol. The monoisotopic (exact) mass is 1490 g/mol. The number of fused-ring (bicyclic) bond motifs is 19. The molecule has 17 aromatic carbocycles. The molecule has 7 heterocycles. The lowest BCUT2D eigenvalue weighted by Crippen LogP contribution is -2.00. The van der Waals surface area contributed by atoms with Gasteiger partial charge in [0.2, 0.25) is 0 Å². The van der Waals surface area contributed by atoms with Gasteiger partial charge >= 0.3 is 0 Å². The Morgan fingerprint density at radius 2 is 0.557 bits per heavy atom. The maximum absolute atomic E-state index is 6.90. The van der Waals surface area contributed by atoms with Crippen molar-refractivity contribution in [3.05, 3.63) is 376 Å². The lowest BCUT2D eigenvalue weighted by Gasteiger charge is -2.10. The van der Waals surface area contributed by atoms with Gasteiger partial charge in [0.1, 0.15) is 22.3 Å². The molecule has 0 unspecified atom stereocenters. The van der Waals surface area contributed by atoms with Gasteiger partial charge in [-0.25, -0.2) is 29.9 Å². The second kappa shape index (κ2) is 26.7. The molecule has 0 atom stereocenters. The first-order valence-electron chi connectivity index (χ1n) is 38.5. The van der Waals surface area contributed by atoms with Gasteiger partial charge in [-0.3, -0.25) is 0 Å². The first kappa shape index (κ1) is 65.6. The van der Waals surface area contributed by atoms with Gasteiger partial charge in [-0.1, -0.05) is 279 Å². The number of hydrogen-bond acceptors (Lipinski definition) is 9. The first-order valence-corrected chi connectivity index (χ1v) is 39.4. The van der Waals surface area contributed by atoms with Gasteiger partial charge in [-0.05, 0) is 141 Å². The van der Waals surface area contributed by atoms with Crippen LogP contribution in [0.5, 0.6) is 0 Å². The first-order chi connectivity index (χ1) is 57.0. The third-order valence-electron chi connectivity index (χ3n) is 22.5. The number of benzene rings is 17. The summed E-state index contributed by atoms with van der Waals surface area (Å²) in [5, 5.41) is 15.9. The Balaban J connectivity index is 0.000000136. The molecule has 0 N–H and O–H groups in total. The Hall–Kier alpha value is -15.3. The number of para-hydroxylation sites is 2. The molecular weight excluding hydrogens is 1430 g/mol. The molecule has 0 amide bonds. The summed E-state index contributed by atoms with van der Waals surface area (Å²) in [6, 6.07) is 132. The molecule has 0 aliphatic rings. The molecule has 115 heavy (non-hydrogen) atoms. The molecule has 0 radical (unpaired) electrons. The van der Waals surface area contributed by atoms with E-state index in [1.807, 2.05) is 91.0 Å². The quantitative estimate of drug-likeness (QED) is 0.133. The van der Waals surface area contributed by atoms with Crippen LogP contribution in [0, 0.1) is 0 Å². The van der Waals surface area contributed by atoms with Crippen molar-refractivity contribution < 1.29 is 8.83 Å². The van der Waals surface area contributed by atoms with Crippen LogP contribution in [-0.2, 0) is 0 Å². The maximum Gasteiger partial charge on any atom is 0.167 e. The summed E-state index contributed by atoms with van der Waals surface area (Å²) in [6.45, 7) is 0. The Bertz CT molecular complexity index is 7820.